The van der Waals surface area contributed by atoms with E-state index in [-0.39, 0.29) is 46.4 Å². The van der Waals surface area contributed by atoms with Crippen LogP contribution in [0.4, 0.5) is 14.7 Å². The highest BCUT2D eigenvalue weighted by Gasteiger charge is 2.59. The molecule has 2 aliphatic rings. The Labute approximate surface area is 189 Å². The summed E-state index contributed by atoms with van der Waals surface area (Å²) in [5.41, 5.74) is 1.03. The van der Waals surface area contributed by atoms with Crippen LogP contribution in [0.2, 0.25) is 0 Å². The number of benzene rings is 1. The van der Waals surface area contributed by atoms with Gasteiger partial charge in [-0.1, -0.05) is 6.07 Å². The normalized spacial score (nSPS) is 21.1. The van der Waals surface area contributed by atoms with Gasteiger partial charge in [0.1, 0.15) is 5.82 Å². The largest absolute Gasteiger partial charge is 0.342 e. The molecule has 3 aromatic rings. The highest BCUT2D eigenvalue weighted by atomic mass is 19.1. The van der Waals surface area contributed by atoms with E-state index in [1.807, 2.05) is 11.9 Å². The summed E-state index contributed by atoms with van der Waals surface area (Å²) in [6.07, 6.45) is 2.55. The van der Waals surface area contributed by atoms with Gasteiger partial charge in [0.15, 0.2) is 5.82 Å². The van der Waals surface area contributed by atoms with Gasteiger partial charge >= 0.3 is 0 Å². The fraction of sp³-hybridized carbons (Fsp3) is 0.333. The lowest BCUT2D eigenvalue weighted by atomic mass is 10.1. The fourth-order valence-electron chi connectivity index (χ4n) is 4.84. The molecule has 2 aromatic heterocycles. The molecule has 33 heavy (non-hydrogen) atoms. The number of pyridine rings is 1. The summed E-state index contributed by atoms with van der Waals surface area (Å²) in [4.78, 5) is 37.4. The molecule has 1 saturated heterocycles. The molecule has 3 heterocycles. The average Bonchev–Trinajstić information content (AvgIpc) is 3.29. The Bertz CT molecular complexity index is 1310. The molecule has 0 N–H and O–H groups in total. The number of likely N-dealkylation sites (tertiary alicyclic amines) is 1. The van der Waals surface area contributed by atoms with Crippen LogP contribution in [-0.2, 0) is 7.05 Å². The van der Waals surface area contributed by atoms with E-state index in [0.29, 0.717) is 30.2 Å². The number of halogens is 2. The summed E-state index contributed by atoms with van der Waals surface area (Å²) in [5.74, 6) is -0.216. The highest BCUT2D eigenvalue weighted by molar-refractivity contribution is 5.94. The van der Waals surface area contributed by atoms with E-state index in [0.717, 1.165) is 6.20 Å². The number of hydrogen-bond acceptors (Lipinski definition) is 5. The van der Waals surface area contributed by atoms with Gasteiger partial charge in [0.2, 0.25) is 5.95 Å². The third-order valence-electron chi connectivity index (χ3n) is 6.78. The summed E-state index contributed by atoms with van der Waals surface area (Å²) in [7, 11) is 3.49. The molecule has 1 aliphatic heterocycles. The molecule has 0 unspecified atom stereocenters. The van der Waals surface area contributed by atoms with E-state index in [4.69, 9.17) is 0 Å². The van der Waals surface area contributed by atoms with Crippen LogP contribution in [0.5, 0.6) is 0 Å². The van der Waals surface area contributed by atoms with Gasteiger partial charge in [0, 0.05) is 68.5 Å². The fourth-order valence-corrected chi connectivity index (χ4v) is 4.84. The van der Waals surface area contributed by atoms with Gasteiger partial charge in [-0.15, -0.1) is 0 Å². The number of amides is 1. The summed E-state index contributed by atoms with van der Waals surface area (Å²) in [6, 6.07) is 7.46. The second-order valence-electron chi connectivity index (χ2n) is 8.80. The van der Waals surface area contributed by atoms with E-state index < -0.39 is 5.82 Å². The van der Waals surface area contributed by atoms with Crippen molar-refractivity contribution in [2.24, 2.45) is 18.9 Å². The number of nitrogens with zero attached hydrogens (tertiary/aromatic N) is 5. The third kappa shape index (κ3) is 3.57. The summed E-state index contributed by atoms with van der Waals surface area (Å²) in [6.45, 7) is 2.77. The molecule has 1 amide bonds. The van der Waals surface area contributed by atoms with Crippen LogP contribution >= 0.6 is 0 Å². The van der Waals surface area contributed by atoms with Crippen molar-refractivity contribution in [3.63, 3.8) is 0 Å². The molecular weight excluding hydrogens is 428 g/mol. The lowest BCUT2D eigenvalue weighted by Gasteiger charge is -2.26. The van der Waals surface area contributed by atoms with Crippen LogP contribution in [0.25, 0.3) is 11.3 Å². The number of hydrogen-bond donors (Lipinski definition) is 0. The monoisotopic (exact) mass is 451 g/mol. The van der Waals surface area contributed by atoms with Crippen molar-refractivity contribution in [2.75, 3.05) is 25.0 Å². The van der Waals surface area contributed by atoms with E-state index in [9.17, 15) is 18.4 Å². The van der Waals surface area contributed by atoms with Gasteiger partial charge in [-0.05, 0) is 30.7 Å². The maximum absolute atomic E-state index is 14.2. The van der Waals surface area contributed by atoms with Crippen LogP contribution in [0.1, 0.15) is 15.9 Å². The molecule has 0 spiro atoms. The van der Waals surface area contributed by atoms with Crippen LogP contribution in [0.15, 0.2) is 47.5 Å². The molecule has 0 radical (unpaired) electrons. The molecule has 3 atom stereocenters. The number of aromatic nitrogens is 3. The average molecular weight is 451 g/mol. The first-order valence-corrected chi connectivity index (χ1v) is 10.7. The number of carbonyl (C=O) groups excluding carboxylic acids is 1. The van der Waals surface area contributed by atoms with Gasteiger partial charge in [0.25, 0.3) is 11.5 Å². The van der Waals surface area contributed by atoms with Crippen molar-refractivity contribution in [1.82, 2.24) is 19.4 Å². The molecule has 2 fully saturated rings. The first-order chi connectivity index (χ1) is 15.8. The number of aryl methyl sites for hydroxylation is 1. The zero-order valence-electron chi connectivity index (χ0n) is 18.5. The van der Waals surface area contributed by atoms with Crippen LogP contribution < -0.4 is 10.5 Å². The Morgan fingerprint density at radius 2 is 1.85 bits per heavy atom. The zero-order chi connectivity index (χ0) is 23.4. The Morgan fingerprint density at radius 3 is 2.52 bits per heavy atom. The maximum Gasteiger partial charge on any atom is 0.255 e. The zero-order valence-corrected chi connectivity index (χ0v) is 18.5. The van der Waals surface area contributed by atoms with Crippen LogP contribution in [-0.4, -0.2) is 51.5 Å². The SMILES string of the molecule is Cc1ccc(C(=O)N2C[C@@H]3[C@H](C2)[C@@H]3N(C)c2nc(-c3ccncc3F)cc(=O)n2C)cc1F. The minimum Gasteiger partial charge on any atom is -0.342 e. The number of anilines is 1. The van der Waals surface area contributed by atoms with Gasteiger partial charge in [-0.2, -0.15) is 0 Å². The van der Waals surface area contributed by atoms with Crippen molar-refractivity contribution in [2.45, 2.75) is 13.0 Å². The van der Waals surface area contributed by atoms with E-state index >= 15 is 0 Å². The maximum atomic E-state index is 14.2. The number of rotatable bonds is 4. The lowest BCUT2D eigenvalue weighted by molar-refractivity contribution is 0.0772. The third-order valence-corrected chi connectivity index (χ3v) is 6.78. The van der Waals surface area contributed by atoms with Crippen molar-refractivity contribution in [3.8, 4) is 11.3 Å². The topological polar surface area (TPSA) is 71.3 Å². The molecule has 1 aromatic carbocycles. The second kappa shape index (κ2) is 7.75. The number of fused-ring (bicyclic) bond motifs is 1. The molecule has 1 aliphatic carbocycles. The number of carbonyl (C=O) groups is 1. The predicted molar refractivity (Wildman–Crippen MR) is 119 cm³/mol. The second-order valence-corrected chi connectivity index (χ2v) is 8.80. The smallest absolute Gasteiger partial charge is 0.255 e. The van der Waals surface area contributed by atoms with E-state index in [2.05, 4.69) is 9.97 Å². The van der Waals surface area contributed by atoms with Gasteiger partial charge in [-0.3, -0.25) is 19.1 Å². The van der Waals surface area contributed by atoms with Crippen molar-refractivity contribution >= 4 is 11.9 Å². The van der Waals surface area contributed by atoms with Crippen molar-refractivity contribution in [3.05, 3.63) is 75.8 Å². The summed E-state index contributed by atoms with van der Waals surface area (Å²) in [5, 5.41) is 0. The molecule has 7 nitrogen and oxygen atoms in total. The molecule has 9 heteroatoms. The Morgan fingerprint density at radius 1 is 1.12 bits per heavy atom. The highest BCUT2D eigenvalue weighted by Crippen LogP contribution is 2.49. The first kappa shape index (κ1) is 21.2. The lowest BCUT2D eigenvalue weighted by Crippen LogP contribution is -2.38. The number of piperidine rings is 1. The van der Waals surface area contributed by atoms with Crippen LogP contribution in [0, 0.1) is 30.4 Å². The predicted octanol–water partition coefficient (Wildman–Crippen LogP) is 2.64. The minimum absolute atomic E-state index is 0.111. The summed E-state index contributed by atoms with van der Waals surface area (Å²) >= 11 is 0. The molecule has 1 saturated carbocycles. The molecule has 170 valence electrons. The molecular formula is C24H23F2N5O2. The molecule has 0 bridgehead atoms. The standard InChI is InChI=1S/C24H23F2N5O2/c1-13-4-5-14(8-18(13)25)23(33)31-11-16-17(12-31)22(16)30(3)24-28-20(9-21(32)29(24)2)15-6-7-27-10-19(15)26/h4-10,16-17,22H,11-12H2,1-3H3/t16-,17+,22-. The van der Waals surface area contributed by atoms with Gasteiger partial charge < -0.3 is 9.80 Å². The van der Waals surface area contributed by atoms with E-state index in [1.54, 1.807) is 31.0 Å². The van der Waals surface area contributed by atoms with Crippen LogP contribution in [0.3, 0.4) is 0 Å². The van der Waals surface area contributed by atoms with E-state index in [1.165, 1.54) is 29.0 Å². The van der Waals surface area contributed by atoms with Gasteiger partial charge in [-0.25, -0.2) is 13.8 Å². The minimum atomic E-state index is -0.545. The van der Waals surface area contributed by atoms with Crippen molar-refractivity contribution < 1.29 is 13.6 Å². The first-order valence-electron chi connectivity index (χ1n) is 10.7. The Balaban J connectivity index is 1.34. The van der Waals surface area contributed by atoms with Crippen molar-refractivity contribution in [1.29, 1.82) is 0 Å². The molecule has 5 rings (SSSR count). The Hall–Kier alpha value is -3.62. The quantitative estimate of drug-likeness (QED) is 0.610. The summed E-state index contributed by atoms with van der Waals surface area (Å²) < 4.78 is 29.5. The Kier molecular flexibility index (Phi) is 4.99. The van der Waals surface area contributed by atoms with Gasteiger partial charge in [0.05, 0.1) is 11.9 Å².